The van der Waals surface area contributed by atoms with Gasteiger partial charge in [0.25, 0.3) is 0 Å². The van der Waals surface area contributed by atoms with E-state index < -0.39 is 0 Å². The van der Waals surface area contributed by atoms with E-state index in [2.05, 4.69) is 26.7 Å². The standard InChI is InChI=1S/C6H9BrO/c1-6(8-2)4-3-5-7/h6H,4H2,1-2H3. The molecular weight excluding hydrogens is 168 g/mol. The third-order valence-corrected chi connectivity index (χ3v) is 1.14. The summed E-state index contributed by atoms with van der Waals surface area (Å²) in [5.41, 5.74) is 0. The van der Waals surface area contributed by atoms with E-state index in [1.54, 1.807) is 7.11 Å². The topological polar surface area (TPSA) is 9.23 Å². The molecule has 0 spiro atoms. The summed E-state index contributed by atoms with van der Waals surface area (Å²) < 4.78 is 4.93. The van der Waals surface area contributed by atoms with E-state index in [1.165, 1.54) is 0 Å². The third kappa shape index (κ3) is 4.17. The first-order chi connectivity index (χ1) is 3.81. The van der Waals surface area contributed by atoms with Crippen molar-refractivity contribution in [2.45, 2.75) is 19.4 Å². The smallest absolute Gasteiger partial charge is 0.0652 e. The summed E-state index contributed by atoms with van der Waals surface area (Å²) in [5, 5.41) is 0. The van der Waals surface area contributed by atoms with Gasteiger partial charge in [-0.15, -0.1) is 0 Å². The van der Waals surface area contributed by atoms with Gasteiger partial charge in [-0.3, -0.25) is 0 Å². The van der Waals surface area contributed by atoms with E-state index in [0.29, 0.717) is 0 Å². The molecule has 0 heterocycles. The van der Waals surface area contributed by atoms with Crippen LogP contribution in [0.15, 0.2) is 0 Å². The predicted octanol–water partition coefficient (Wildman–Crippen LogP) is 1.77. The Kier molecular flexibility index (Phi) is 5.14. The monoisotopic (exact) mass is 176 g/mol. The molecule has 1 atom stereocenters. The van der Waals surface area contributed by atoms with Crippen molar-refractivity contribution in [1.29, 1.82) is 0 Å². The molecule has 8 heavy (non-hydrogen) atoms. The molecule has 0 saturated carbocycles. The van der Waals surface area contributed by atoms with Gasteiger partial charge in [0.15, 0.2) is 0 Å². The van der Waals surface area contributed by atoms with Crippen LogP contribution in [0.2, 0.25) is 0 Å². The third-order valence-electron chi connectivity index (χ3n) is 0.859. The maximum absolute atomic E-state index is 4.93. The molecule has 1 nitrogen and oxygen atoms in total. The molecular formula is C6H9BrO. The zero-order valence-electron chi connectivity index (χ0n) is 5.07. The quantitative estimate of drug-likeness (QED) is 0.584. The minimum absolute atomic E-state index is 0.250. The second-order valence-corrected chi connectivity index (χ2v) is 1.92. The number of ether oxygens (including phenoxy) is 1. The first-order valence-electron chi connectivity index (χ1n) is 2.42. The maximum Gasteiger partial charge on any atom is 0.0652 e. The largest absolute Gasteiger partial charge is 0.381 e. The van der Waals surface area contributed by atoms with Crippen molar-refractivity contribution in [1.82, 2.24) is 0 Å². The molecule has 0 bridgehead atoms. The molecule has 1 unspecified atom stereocenters. The predicted molar refractivity (Wildman–Crippen MR) is 37.8 cm³/mol. The first kappa shape index (κ1) is 8.00. The van der Waals surface area contributed by atoms with Gasteiger partial charge >= 0.3 is 0 Å². The summed E-state index contributed by atoms with van der Waals surface area (Å²) in [4.78, 5) is 2.62. The van der Waals surface area contributed by atoms with Crippen molar-refractivity contribution in [3.8, 4) is 10.8 Å². The summed E-state index contributed by atoms with van der Waals surface area (Å²) in [6.45, 7) is 1.98. The Morgan fingerprint density at radius 1 is 1.75 bits per heavy atom. The van der Waals surface area contributed by atoms with E-state index in [9.17, 15) is 0 Å². The highest BCUT2D eigenvalue weighted by Gasteiger charge is 1.91. The van der Waals surface area contributed by atoms with E-state index in [4.69, 9.17) is 4.74 Å². The number of halogens is 1. The Morgan fingerprint density at radius 3 is 2.75 bits per heavy atom. The van der Waals surface area contributed by atoms with Crippen LogP contribution in [0.4, 0.5) is 0 Å². The molecule has 46 valence electrons. The van der Waals surface area contributed by atoms with Gasteiger partial charge in [0, 0.05) is 29.5 Å². The lowest BCUT2D eigenvalue weighted by Gasteiger charge is -2.01. The highest BCUT2D eigenvalue weighted by atomic mass is 79.9. The summed E-state index contributed by atoms with van der Waals surface area (Å²) in [7, 11) is 1.68. The minimum Gasteiger partial charge on any atom is -0.381 e. The molecule has 0 amide bonds. The molecule has 0 aliphatic heterocycles. The second kappa shape index (κ2) is 5.14. The molecule has 0 radical (unpaired) electrons. The molecule has 0 aromatic rings. The normalized spacial score (nSPS) is 11.9. The molecule has 2 heteroatoms. The van der Waals surface area contributed by atoms with Crippen molar-refractivity contribution < 1.29 is 4.74 Å². The number of hydrogen-bond donors (Lipinski definition) is 0. The van der Waals surface area contributed by atoms with Crippen LogP contribution in [-0.4, -0.2) is 13.2 Å². The fourth-order valence-corrected chi connectivity index (χ4v) is 0.428. The van der Waals surface area contributed by atoms with Gasteiger partial charge in [-0.2, -0.15) is 0 Å². The van der Waals surface area contributed by atoms with Crippen LogP contribution in [-0.2, 0) is 4.74 Å². The Labute approximate surface area is 58.5 Å². The summed E-state index contributed by atoms with van der Waals surface area (Å²) in [6.07, 6.45) is 1.04. The fourth-order valence-electron chi connectivity index (χ4n) is 0.266. The van der Waals surface area contributed by atoms with Gasteiger partial charge in [0.1, 0.15) is 0 Å². The highest BCUT2D eigenvalue weighted by Crippen LogP contribution is 1.91. The van der Waals surface area contributed by atoms with Crippen molar-refractivity contribution >= 4 is 15.9 Å². The first-order valence-corrected chi connectivity index (χ1v) is 3.22. The fraction of sp³-hybridized carbons (Fsp3) is 0.667. The Bertz CT molecular complexity index is 101. The van der Waals surface area contributed by atoms with Crippen LogP contribution in [0.1, 0.15) is 13.3 Å². The molecule has 0 aromatic carbocycles. The van der Waals surface area contributed by atoms with Gasteiger partial charge < -0.3 is 4.74 Å². The lowest BCUT2D eigenvalue weighted by molar-refractivity contribution is 0.123. The van der Waals surface area contributed by atoms with Gasteiger partial charge in [0.2, 0.25) is 0 Å². The van der Waals surface area contributed by atoms with Crippen molar-refractivity contribution in [2.75, 3.05) is 7.11 Å². The minimum atomic E-state index is 0.250. The SMILES string of the molecule is COC(C)CC#CBr. The van der Waals surface area contributed by atoms with E-state index in [1.807, 2.05) is 6.92 Å². The molecule has 0 saturated heterocycles. The molecule has 0 aliphatic carbocycles. The zero-order chi connectivity index (χ0) is 6.41. The van der Waals surface area contributed by atoms with E-state index >= 15 is 0 Å². The molecule has 0 aliphatic rings. The summed E-state index contributed by atoms with van der Waals surface area (Å²) >= 11 is 2.99. The lowest BCUT2D eigenvalue weighted by Crippen LogP contribution is -2.01. The Morgan fingerprint density at radius 2 is 2.38 bits per heavy atom. The molecule has 0 fully saturated rings. The lowest BCUT2D eigenvalue weighted by atomic mass is 10.3. The van der Waals surface area contributed by atoms with Crippen molar-refractivity contribution in [3.05, 3.63) is 0 Å². The van der Waals surface area contributed by atoms with Gasteiger partial charge in [-0.25, -0.2) is 0 Å². The second-order valence-electron chi connectivity index (χ2n) is 1.52. The van der Waals surface area contributed by atoms with Crippen LogP contribution >= 0.6 is 15.9 Å². The Balaban J connectivity index is 3.19. The van der Waals surface area contributed by atoms with Gasteiger partial charge in [-0.05, 0) is 11.8 Å². The van der Waals surface area contributed by atoms with Crippen LogP contribution in [0.3, 0.4) is 0 Å². The van der Waals surface area contributed by atoms with Gasteiger partial charge in [0.05, 0.1) is 6.10 Å². The van der Waals surface area contributed by atoms with E-state index in [-0.39, 0.29) is 6.10 Å². The number of hydrogen-bond acceptors (Lipinski definition) is 1. The van der Waals surface area contributed by atoms with Crippen LogP contribution in [0.5, 0.6) is 0 Å². The van der Waals surface area contributed by atoms with Gasteiger partial charge in [-0.1, -0.05) is 5.92 Å². The van der Waals surface area contributed by atoms with Crippen LogP contribution in [0.25, 0.3) is 0 Å². The molecule has 0 rings (SSSR count). The van der Waals surface area contributed by atoms with Crippen LogP contribution in [0, 0.1) is 10.8 Å². The zero-order valence-corrected chi connectivity index (χ0v) is 6.66. The Hall–Kier alpha value is 0. The maximum atomic E-state index is 4.93. The molecule has 0 aromatic heterocycles. The number of rotatable bonds is 2. The van der Waals surface area contributed by atoms with Crippen LogP contribution < -0.4 is 0 Å². The van der Waals surface area contributed by atoms with E-state index in [0.717, 1.165) is 6.42 Å². The average Bonchev–Trinajstić information content (AvgIpc) is 1.83. The summed E-state index contributed by atoms with van der Waals surface area (Å²) in [5.74, 6) is 2.84. The summed E-state index contributed by atoms with van der Waals surface area (Å²) in [6, 6.07) is 0. The number of methoxy groups -OCH3 is 1. The van der Waals surface area contributed by atoms with Crippen molar-refractivity contribution in [3.63, 3.8) is 0 Å². The highest BCUT2D eigenvalue weighted by molar-refractivity contribution is 9.12. The molecule has 0 N–H and O–H groups in total. The van der Waals surface area contributed by atoms with Crippen molar-refractivity contribution in [2.24, 2.45) is 0 Å². The average molecular weight is 177 g/mol.